The first-order valence-corrected chi connectivity index (χ1v) is 23.2. The van der Waals surface area contributed by atoms with Crippen molar-refractivity contribution in [3.8, 4) is 0 Å². The number of nitrogens with zero attached hydrogens (tertiary/aromatic N) is 3. The fourth-order valence-corrected chi connectivity index (χ4v) is 13.2. The minimum atomic E-state index is -0.599. The van der Waals surface area contributed by atoms with Gasteiger partial charge in [-0.15, -0.1) is 0 Å². The number of hydrogen-bond acceptors (Lipinski definition) is 3. The van der Waals surface area contributed by atoms with Crippen LogP contribution in [0.4, 0.5) is 51.2 Å². The Morgan fingerprint density at radius 1 is 0.242 bits per heavy atom. The van der Waals surface area contributed by atoms with Crippen LogP contribution in [0.3, 0.4) is 0 Å². The highest BCUT2D eigenvalue weighted by Gasteiger charge is 2.58. The summed E-state index contributed by atoms with van der Waals surface area (Å²) in [6, 6.07) is 91.3. The Bertz CT molecular complexity index is 3320. The Morgan fingerprint density at radius 2 is 0.576 bits per heavy atom. The highest BCUT2D eigenvalue weighted by molar-refractivity contribution is 7.02. The van der Waals surface area contributed by atoms with E-state index in [1.807, 2.05) is 0 Å². The summed E-state index contributed by atoms with van der Waals surface area (Å²) in [7, 11) is 0. The van der Waals surface area contributed by atoms with Crippen molar-refractivity contribution in [2.75, 3.05) is 14.7 Å². The van der Waals surface area contributed by atoms with E-state index in [1.165, 1.54) is 106 Å². The van der Waals surface area contributed by atoms with E-state index in [2.05, 4.69) is 257 Å². The summed E-state index contributed by atoms with van der Waals surface area (Å²) in [5.41, 5.74) is 24.1. The molecule has 0 N–H and O–H groups in total. The Labute approximate surface area is 385 Å². The van der Waals surface area contributed by atoms with Crippen molar-refractivity contribution in [1.29, 1.82) is 0 Å². The quantitative estimate of drug-likeness (QED) is 0.160. The molecule has 0 spiro atoms. The zero-order valence-electron chi connectivity index (χ0n) is 36.0. The van der Waals surface area contributed by atoms with Crippen molar-refractivity contribution in [3.63, 3.8) is 0 Å². The molecule has 0 amide bonds. The summed E-state index contributed by atoms with van der Waals surface area (Å²) >= 11 is 0. The van der Waals surface area contributed by atoms with Crippen LogP contribution in [0.15, 0.2) is 243 Å². The molecule has 3 nitrogen and oxygen atoms in total. The summed E-state index contributed by atoms with van der Waals surface area (Å²) in [6.45, 7) is -0.0532. The van der Waals surface area contributed by atoms with Crippen molar-refractivity contribution in [3.05, 3.63) is 287 Å². The van der Waals surface area contributed by atoms with E-state index >= 15 is 0 Å². The van der Waals surface area contributed by atoms with Crippen LogP contribution >= 0.6 is 0 Å². The molecule has 0 atom stereocenters. The van der Waals surface area contributed by atoms with Gasteiger partial charge in [0.1, 0.15) is 0 Å². The number of para-hydroxylation sites is 3. The average molecular weight is 838 g/mol. The largest absolute Gasteiger partial charge is 0.311 e. The van der Waals surface area contributed by atoms with Crippen LogP contribution in [0.5, 0.6) is 0 Å². The molecule has 10 aromatic carbocycles. The summed E-state index contributed by atoms with van der Waals surface area (Å²) < 4.78 is 0. The summed E-state index contributed by atoms with van der Waals surface area (Å²) in [5.74, 6) is 0. The molecule has 10 aromatic rings. The van der Waals surface area contributed by atoms with Crippen LogP contribution in [0.2, 0.25) is 0 Å². The van der Waals surface area contributed by atoms with Crippen LogP contribution in [-0.4, -0.2) is 6.71 Å². The molecule has 306 valence electrons. The normalized spacial score (nSPS) is 15.4. The predicted octanol–water partition coefficient (Wildman–Crippen LogP) is 12.9. The van der Waals surface area contributed by atoms with Crippen LogP contribution in [0.25, 0.3) is 0 Å². The van der Waals surface area contributed by atoms with Gasteiger partial charge in [-0.05, 0) is 109 Å². The summed E-state index contributed by atoms with van der Waals surface area (Å²) in [5, 5.41) is 0. The molecule has 0 aliphatic carbocycles. The van der Waals surface area contributed by atoms with Crippen LogP contribution < -0.4 is 31.1 Å². The van der Waals surface area contributed by atoms with Gasteiger partial charge < -0.3 is 14.7 Å². The maximum atomic E-state index is 2.64. The maximum Gasteiger partial charge on any atom is 0.257 e. The minimum absolute atomic E-state index is 0.0532. The second-order valence-corrected chi connectivity index (χ2v) is 18.3. The Kier molecular flexibility index (Phi) is 7.17. The predicted molar refractivity (Wildman–Crippen MR) is 272 cm³/mol. The van der Waals surface area contributed by atoms with Gasteiger partial charge in [0.15, 0.2) is 0 Å². The fourth-order valence-electron chi connectivity index (χ4n) is 13.2. The van der Waals surface area contributed by atoms with Crippen LogP contribution in [0, 0.1) is 0 Å². The number of hydrogen-bond donors (Lipinski definition) is 0. The van der Waals surface area contributed by atoms with E-state index in [-0.39, 0.29) is 6.71 Å². The molecule has 5 aliphatic heterocycles. The third-order valence-corrected chi connectivity index (χ3v) is 15.5. The second-order valence-electron chi connectivity index (χ2n) is 18.3. The lowest BCUT2D eigenvalue weighted by Crippen LogP contribution is -2.66. The molecular weight excluding hydrogens is 798 g/mol. The molecule has 0 aromatic heterocycles. The van der Waals surface area contributed by atoms with E-state index in [1.54, 1.807) is 0 Å². The Morgan fingerprint density at radius 3 is 0.985 bits per heavy atom. The SMILES string of the molecule is c1ccc(N2c3ccc4c5c3B3c6c(cccc6N6c7ccccc7C(c7ccccc7)(c7ccccc7)c7ccc2c3c76)N5c2ccccc2C4(c2ccccc2)c2ccccc2)cc1. The highest BCUT2D eigenvalue weighted by Crippen LogP contribution is 2.63. The van der Waals surface area contributed by atoms with E-state index < -0.39 is 10.8 Å². The molecule has 0 radical (unpaired) electrons. The molecule has 4 heteroatoms. The van der Waals surface area contributed by atoms with E-state index in [4.69, 9.17) is 0 Å². The van der Waals surface area contributed by atoms with Crippen LogP contribution in [0.1, 0.15) is 44.5 Å². The first-order valence-electron chi connectivity index (χ1n) is 23.2. The van der Waals surface area contributed by atoms with E-state index in [0.717, 1.165) is 5.69 Å². The first-order chi connectivity index (χ1) is 32.8. The van der Waals surface area contributed by atoms with Gasteiger partial charge in [0, 0.05) is 39.8 Å². The molecule has 5 heterocycles. The van der Waals surface area contributed by atoms with Gasteiger partial charge in [-0.25, -0.2) is 0 Å². The van der Waals surface area contributed by atoms with Gasteiger partial charge in [0.05, 0.1) is 22.2 Å². The maximum absolute atomic E-state index is 2.64. The van der Waals surface area contributed by atoms with Gasteiger partial charge in [0.2, 0.25) is 0 Å². The van der Waals surface area contributed by atoms with Crippen molar-refractivity contribution in [2.24, 2.45) is 0 Å². The molecule has 0 fully saturated rings. The number of anilines is 9. The topological polar surface area (TPSA) is 9.72 Å². The van der Waals surface area contributed by atoms with Crippen molar-refractivity contribution in [1.82, 2.24) is 0 Å². The molecule has 0 saturated carbocycles. The lowest BCUT2D eigenvalue weighted by atomic mass is 9.31. The fraction of sp³-hybridized carbons (Fsp3) is 0.0323. The zero-order chi connectivity index (χ0) is 43.1. The molecule has 0 bridgehead atoms. The van der Waals surface area contributed by atoms with Gasteiger partial charge in [0.25, 0.3) is 6.71 Å². The molecule has 5 aliphatic rings. The molecule has 0 unspecified atom stereocenters. The molecule has 15 rings (SSSR count). The first kappa shape index (κ1) is 36.1. The number of fused-ring (bicyclic) bond motifs is 6. The lowest BCUT2D eigenvalue weighted by molar-refractivity contribution is 0.730. The number of rotatable bonds is 5. The smallest absolute Gasteiger partial charge is 0.257 e. The van der Waals surface area contributed by atoms with Crippen molar-refractivity contribution >= 4 is 74.3 Å². The van der Waals surface area contributed by atoms with Gasteiger partial charge in [-0.2, -0.15) is 0 Å². The monoisotopic (exact) mass is 837 g/mol. The average Bonchev–Trinajstić information content (AvgIpc) is 3.40. The van der Waals surface area contributed by atoms with Gasteiger partial charge in [-0.1, -0.05) is 194 Å². The summed E-state index contributed by atoms with van der Waals surface area (Å²) in [6.07, 6.45) is 0. The van der Waals surface area contributed by atoms with Crippen molar-refractivity contribution in [2.45, 2.75) is 10.8 Å². The van der Waals surface area contributed by atoms with Gasteiger partial charge in [-0.3, -0.25) is 0 Å². The third-order valence-electron chi connectivity index (χ3n) is 15.5. The molecular formula is C62H40BN3. The molecule has 66 heavy (non-hydrogen) atoms. The highest BCUT2D eigenvalue weighted by atomic mass is 15.2. The van der Waals surface area contributed by atoms with E-state index in [9.17, 15) is 0 Å². The molecule has 0 saturated heterocycles. The Balaban J connectivity index is 1.15. The van der Waals surface area contributed by atoms with Gasteiger partial charge >= 0.3 is 0 Å². The standard InChI is InChI=1S/C62H40BN3/c1-6-21-41(22-7-1)61(42-23-8-2-9-24-42)46-31-16-18-33-50(46)65-52-35-20-36-53-56(52)63-57-54(39-37-48(61)59(57)65)64(45-29-14-5-15-30-45)55-40-38-49-60(58(55)63)66(53)51-34-19-17-32-47(51)62(49,43-25-10-3-11-26-43)44-27-12-4-13-28-44/h1-40H. The zero-order valence-corrected chi connectivity index (χ0v) is 36.0. The third kappa shape index (κ3) is 4.26. The summed E-state index contributed by atoms with van der Waals surface area (Å²) in [4.78, 5) is 7.84. The number of benzene rings is 10. The second kappa shape index (κ2) is 13.1. The van der Waals surface area contributed by atoms with E-state index in [0.29, 0.717) is 0 Å². The minimum Gasteiger partial charge on any atom is -0.311 e. The Hall–Kier alpha value is -8.34. The van der Waals surface area contributed by atoms with Crippen molar-refractivity contribution < 1.29 is 0 Å². The lowest BCUT2D eigenvalue weighted by Gasteiger charge is -2.56. The van der Waals surface area contributed by atoms with Crippen LogP contribution in [-0.2, 0) is 10.8 Å².